The highest BCUT2D eigenvalue weighted by Gasteiger charge is 2.34. The first-order valence-electron chi connectivity index (χ1n) is 10.7. The lowest BCUT2D eigenvalue weighted by atomic mass is 9.92. The van der Waals surface area contributed by atoms with E-state index in [9.17, 15) is 4.79 Å². The van der Waals surface area contributed by atoms with E-state index in [0.29, 0.717) is 22.3 Å². The maximum Gasteiger partial charge on any atom is 0.322 e. The third-order valence-corrected chi connectivity index (χ3v) is 6.85. The van der Waals surface area contributed by atoms with E-state index >= 15 is 0 Å². The molecule has 2 N–H and O–H groups in total. The number of aromatic nitrogens is 1. The number of aromatic amines is 1. The van der Waals surface area contributed by atoms with Crippen LogP contribution < -0.4 is 10.1 Å². The van der Waals surface area contributed by atoms with Crippen molar-refractivity contribution in [2.24, 2.45) is 0 Å². The Balaban J connectivity index is 1.57. The Bertz CT molecular complexity index is 1350. The van der Waals surface area contributed by atoms with Crippen molar-refractivity contribution in [2.75, 3.05) is 19.0 Å². The molecule has 2 heterocycles. The van der Waals surface area contributed by atoms with Crippen molar-refractivity contribution < 1.29 is 9.53 Å². The van der Waals surface area contributed by atoms with Gasteiger partial charge in [-0.2, -0.15) is 0 Å². The van der Waals surface area contributed by atoms with Crippen LogP contribution in [0, 0.1) is 6.92 Å². The summed E-state index contributed by atoms with van der Waals surface area (Å²) in [5.74, 6) is 0.767. The number of hydrogen-bond donors (Lipinski definition) is 2. The van der Waals surface area contributed by atoms with Gasteiger partial charge in [0.05, 0.1) is 13.2 Å². The van der Waals surface area contributed by atoms with Crippen LogP contribution in [0.1, 0.15) is 28.4 Å². The number of aryl methyl sites for hydroxylation is 1. The van der Waals surface area contributed by atoms with Gasteiger partial charge in [0.25, 0.3) is 0 Å². The second kappa shape index (κ2) is 8.65. The first-order chi connectivity index (χ1) is 15.9. The molecule has 0 saturated heterocycles. The number of halogens is 2. The van der Waals surface area contributed by atoms with E-state index < -0.39 is 0 Å². The van der Waals surface area contributed by atoms with E-state index in [2.05, 4.69) is 10.3 Å². The molecule has 1 aliphatic rings. The molecule has 5 nitrogen and oxygen atoms in total. The molecule has 33 heavy (non-hydrogen) atoms. The number of methoxy groups -OCH3 is 1. The minimum absolute atomic E-state index is 0.182. The highest BCUT2D eigenvalue weighted by atomic mass is 35.5. The maximum absolute atomic E-state index is 13.5. The molecule has 0 saturated carbocycles. The van der Waals surface area contributed by atoms with Crippen molar-refractivity contribution in [2.45, 2.75) is 19.4 Å². The normalized spacial score (nSPS) is 15.4. The van der Waals surface area contributed by atoms with Crippen LogP contribution in [-0.2, 0) is 6.42 Å². The summed E-state index contributed by atoms with van der Waals surface area (Å²) in [5, 5.41) is 5.43. The summed E-state index contributed by atoms with van der Waals surface area (Å²) in [6.45, 7) is 2.50. The number of nitrogens with zero attached hydrogens (tertiary/aromatic N) is 1. The Labute approximate surface area is 202 Å². The topological polar surface area (TPSA) is 57.4 Å². The lowest BCUT2D eigenvalue weighted by Gasteiger charge is -2.36. The molecule has 1 aliphatic heterocycles. The highest BCUT2D eigenvalue weighted by molar-refractivity contribution is 6.31. The predicted molar refractivity (Wildman–Crippen MR) is 134 cm³/mol. The minimum atomic E-state index is -0.285. The summed E-state index contributed by atoms with van der Waals surface area (Å²) >= 11 is 12.6. The molecule has 0 radical (unpaired) electrons. The Morgan fingerprint density at radius 2 is 1.88 bits per heavy atom. The second-order valence-corrected chi connectivity index (χ2v) is 9.06. The SMILES string of the molecule is COc1ccc([C@H]2c3[nH]c4ccc(Cl)cc4c3CCN2C(=O)Nc2ccc(C)c(Cl)c2)cc1. The van der Waals surface area contributed by atoms with E-state index in [1.54, 1.807) is 13.2 Å². The van der Waals surface area contributed by atoms with E-state index in [1.807, 2.05) is 66.4 Å². The molecule has 5 rings (SSSR count). The van der Waals surface area contributed by atoms with Gasteiger partial charge >= 0.3 is 6.03 Å². The Morgan fingerprint density at radius 3 is 2.61 bits per heavy atom. The van der Waals surface area contributed by atoms with E-state index in [4.69, 9.17) is 27.9 Å². The third-order valence-electron chi connectivity index (χ3n) is 6.20. The van der Waals surface area contributed by atoms with Crippen molar-refractivity contribution in [3.05, 3.63) is 93.1 Å². The number of rotatable bonds is 3. The zero-order chi connectivity index (χ0) is 23.1. The lowest BCUT2D eigenvalue weighted by molar-refractivity contribution is 0.193. The molecule has 3 aromatic carbocycles. The number of benzene rings is 3. The van der Waals surface area contributed by atoms with Gasteiger partial charge in [0.15, 0.2) is 0 Å². The largest absolute Gasteiger partial charge is 0.497 e. The van der Waals surface area contributed by atoms with Gasteiger partial charge in [-0.15, -0.1) is 0 Å². The summed E-state index contributed by atoms with van der Waals surface area (Å²) in [5.41, 5.74) is 5.82. The quantitative estimate of drug-likeness (QED) is 0.333. The fourth-order valence-electron chi connectivity index (χ4n) is 4.48. The van der Waals surface area contributed by atoms with Crippen LogP contribution in [0.15, 0.2) is 60.7 Å². The average Bonchev–Trinajstić information content (AvgIpc) is 3.18. The lowest BCUT2D eigenvalue weighted by Crippen LogP contribution is -2.43. The van der Waals surface area contributed by atoms with Crippen LogP contribution in [0.5, 0.6) is 5.75 Å². The predicted octanol–water partition coefficient (Wildman–Crippen LogP) is 6.97. The van der Waals surface area contributed by atoms with Gasteiger partial charge in [0, 0.05) is 38.9 Å². The van der Waals surface area contributed by atoms with Crippen molar-refractivity contribution in [1.82, 2.24) is 9.88 Å². The van der Waals surface area contributed by atoms with Crippen molar-refractivity contribution in [1.29, 1.82) is 0 Å². The smallest absolute Gasteiger partial charge is 0.322 e. The van der Waals surface area contributed by atoms with Crippen LogP contribution in [0.3, 0.4) is 0 Å². The van der Waals surface area contributed by atoms with Crippen molar-refractivity contribution in [3.63, 3.8) is 0 Å². The molecule has 168 valence electrons. The average molecular weight is 480 g/mol. The highest BCUT2D eigenvalue weighted by Crippen LogP contribution is 2.39. The van der Waals surface area contributed by atoms with Crippen LogP contribution in [-0.4, -0.2) is 29.6 Å². The second-order valence-electron chi connectivity index (χ2n) is 8.22. The number of amides is 2. The summed E-state index contributed by atoms with van der Waals surface area (Å²) in [6.07, 6.45) is 0.727. The number of nitrogens with one attached hydrogen (secondary N) is 2. The van der Waals surface area contributed by atoms with E-state index in [0.717, 1.165) is 39.9 Å². The first-order valence-corrected chi connectivity index (χ1v) is 11.5. The standard InChI is InChI=1S/C26H23Cl2N3O2/c1-15-3-7-18(14-22(15)28)29-26(32)31-12-11-20-21-13-17(27)6-10-23(21)30-24(20)25(31)16-4-8-19(33-2)9-5-16/h3-10,13-14,25,30H,11-12H2,1-2H3,(H,29,32)/t25-/m0/s1. The van der Waals surface area contributed by atoms with Gasteiger partial charge in [-0.05, 0) is 72.5 Å². The monoisotopic (exact) mass is 479 g/mol. The molecular formula is C26H23Cl2N3O2. The molecule has 1 atom stereocenters. The number of fused-ring (bicyclic) bond motifs is 3. The number of carbonyl (C=O) groups is 1. The van der Waals surface area contributed by atoms with Crippen LogP contribution >= 0.6 is 23.2 Å². The minimum Gasteiger partial charge on any atom is -0.497 e. The van der Waals surface area contributed by atoms with Crippen LogP contribution in [0.25, 0.3) is 10.9 Å². The Morgan fingerprint density at radius 1 is 1.09 bits per heavy atom. The van der Waals surface area contributed by atoms with E-state index in [-0.39, 0.29) is 12.1 Å². The molecule has 0 spiro atoms. The van der Waals surface area contributed by atoms with Gasteiger partial charge < -0.3 is 19.9 Å². The first kappa shape index (κ1) is 21.7. The van der Waals surface area contributed by atoms with Crippen LogP contribution in [0.2, 0.25) is 10.0 Å². The molecule has 1 aromatic heterocycles. The molecule has 0 aliphatic carbocycles. The Hall–Kier alpha value is -3.15. The molecule has 0 bridgehead atoms. The molecule has 0 fully saturated rings. The number of hydrogen-bond acceptors (Lipinski definition) is 2. The fourth-order valence-corrected chi connectivity index (χ4v) is 4.83. The summed E-state index contributed by atoms with van der Waals surface area (Å²) in [6, 6.07) is 18.7. The third kappa shape index (κ3) is 4.03. The Kier molecular flexibility index (Phi) is 5.69. The van der Waals surface area contributed by atoms with Gasteiger partial charge in [-0.25, -0.2) is 4.79 Å². The number of urea groups is 1. The summed E-state index contributed by atoms with van der Waals surface area (Å²) in [7, 11) is 1.64. The summed E-state index contributed by atoms with van der Waals surface area (Å²) < 4.78 is 5.33. The number of carbonyl (C=O) groups excluding carboxylic acids is 1. The van der Waals surface area contributed by atoms with Gasteiger partial charge in [-0.1, -0.05) is 41.4 Å². The number of anilines is 1. The van der Waals surface area contributed by atoms with E-state index in [1.165, 1.54) is 5.56 Å². The van der Waals surface area contributed by atoms with Crippen molar-refractivity contribution in [3.8, 4) is 5.75 Å². The maximum atomic E-state index is 13.5. The van der Waals surface area contributed by atoms with Crippen LogP contribution in [0.4, 0.5) is 10.5 Å². The molecule has 4 aromatic rings. The molecular weight excluding hydrogens is 457 g/mol. The fraction of sp³-hybridized carbons (Fsp3) is 0.192. The number of ether oxygens (including phenoxy) is 1. The number of H-pyrrole nitrogens is 1. The zero-order valence-electron chi connectivity index (χ0n) is 18.3. The van der Waals surface area contributed by atoms with Gasteiger partial charge in [0.2, 0.25) is 0 Å². The van der Waals surface area contributed by atoms with Gasteiger partial charge in [0.1, 0.15) is 5.75 Å². The molecule has 0 unspecified atom stereocenters. The van der Waals surface area contributed by atoms with Gasteiger partial charge in [-0.3, -0.25) is 0 Å². The summed E-state index contributed by atoms with van der Waals surface area (Å²) in [4.78, 5) is 18.9. The molecule has 2 amide bonds. The molecule has 7 heteroatoms. The van der Waals surface area contributed by atoms with Crippen molar-refractivity contribution >= 4 is 45.8 Å². The zero-order valence-corrected chi connectivity index (χ0v) is 19.8.